The van der Waals surface area contributed by atoms with E-state index in [2.05, 4.69) is 16.9 Å². The molecule has 1 rings (SSSR count). The highest BCUT2D eigenvalue weighted by molar-refractivity contribution is 5.76. The Bertz CT molecular complexity index is 344. The Hall–Kier alpha value is -1.91. The summed E-state index contributed by atoms with van der Waals surface area (Å²) in [6.07, 6.45) is 5.19. The average molecular weight is 193 g/mol. The van der Waals surface area contributed by atoms with Gasteiger partial charge in [-0.05, 0) is 0 Å². The summed E-state index contributed by atoms with van der Waals surface area (Å²) in [6.45, 7) is 4.08. The van der Waals surface area contributed by atoms with Gasteiger partial charge in [0, 0.05) is 12.7 Å². The third-order valence-corrected chi connectivity index (χ3v) is 1.54. The van der Waals surface area contributed by atoms with Gasteiger partial charge in [-0.25, -0.2) is 4.98 Å². The molecule has 0 aliphatic heterocycles. The van der Waals surface area contributed by atoms with E-state index in [4.69, 9.17) is 0 Å². The number of nitrogens with zero attached hydrogens (tertiary/aromatic N) is 2. The van der Waals surface area contributed by atoms with Crippen molar-refractivity contribution >= 4 is 12.2 Å². The summed E-state index contributed by atoms with van der Waals surface area (Å²) >= 11 is 0. The summed E-state index contributed by atoms with van der Waals surface area (Å²) in [4.78, 5) is 25.2. The van der Waals surface area contributed by atoms with Crippen molar-refractivity contribution in [3.8, 4) is 0 Å². The fourth-order valence-electron chi connectivity index (χ4n) is 0.932. The zero-order valence-corrected chi connectivity index (χ0v) is 7.64. The first kappa shape index (κ1) is 10.2. The van der Waals surface area contributed by atoms with Crippen LogP contribution in [0.4, 0.5) is 0 Å². The molecule has 0 radical (unpaired) electrons. The summed E-state index contributed by atoms with van der Waals surface area (Å²) in [5, 5.41) is 2.61. The Morgan fingerprint density at radius 1 is 1.71 bits per heavy atom. The topological polar surface area (TPSA) is 64.0 Å². The third kappa shape index (κ3) is 2.85. The Balaban J connectivity index is 2.47. The van der Waals surface area contributed by atoms with Crippen molar-refractivity contribution in [2.75, 3.05) is 6.54 Å². The van der Waals surface area contributed by atoms with Crippen molar-refractivity contribution in [1.29, 1.82) is 0 Å². The molecule has 0 unspecified atom stereocenters. The second kappa shape index (κ2) is 4.96. The van der Waals surface area contributed by atoms with Crippen molar-refractivity contribution in [2.24, 2.45) is 0 Å². The monoisotopic (exact) mass is 193 g/mol. The lowest BCUT2D eigenvalue weighted by atomic mass is 10.5. The van der Waals surface area contributed by atoms with E-state index >= 15 is 0 Å². The van der Waals surface area contributed by atoms with E-state index in [0.29, 0.717) is 18.5 Å². The third-order valence-electron chi connectivity index (χ3n) is 1.54. The first-order valence-corrected chi connectivity index (χ1v) is 4.11. The molecule has 0 saturated heterocycles. The largest absolute Gasteiger partial charge is 0.351 e. The molecular weight excluding hydrogens is 182 g/mol. The molecule has 1 aromatic rings. The quantitative estimate of drug-likeness (QED) is 0.528. The summed E-state index contributed by atoms with van der Waals surface area (Å²) in [6, 6.07) is 0. The second-order valence-electron chi connectivity index (χ2n) is 2.68. The van der Waals surface area contributed by atoms with E-state index in [0.717, 1.165) is 0 Å². The second-order valence-corrected chi connectivity index (χ2v) is 2.68. The Morgan fingerprint density at radius 2 is 2.50 bits per heavy atom. The lowest BCUT2D eigenvalue weighted by Gasteiger charge is -2.01. The number of amides is 1. The van der Waals surface area contributed by atoms with Crippen LogP contribution in [0.2, 0.25) is 0 Å². The molecule has 0 bridgehead atoms. The average Bonchev–Trinajstić information content (AvgIpc) is 2.62. The summed E-state index contributed by atoms with van der Waals surface area (Å²) in [5.74, 6) is -0.139. The maximum atomic E-state index is 11.2. The van der Waals surface area contributed by atoms with Crippen LogP contribution in [0.5, 0.6) is 0 Å². The number of nitrogens with one attached hydrogen (secondary N) is 1. The zero-order valence-electron chi connectivity index (χ0n) is 7.64. The van der Waals surface area contributed by atoms with E-state index in [1.807, 2.05) is 0 Å². The predicted molar refractivity (Wildman–Crippen MR) is 50.8 cm³/mol. The number of aldehydes is 1. The minimum Gasteiger partial charge on any atom is -0.351 e. The van der Waals surface area contributed by atoms with E-state index in [1.165, 1.54) is 12.5 Å². The Labute approximate surface area is 81.4 Å². The van der Waals surface area contributed by atoms with Gasteiger partial charge in [-0.2, -0.15) is 0 Å². The minimum atomic E-state index is -0.139. The van der Waals surface area contributed by atoms with Gasteiger partial charge in [0.2, 0.25) is 5.91 Å². The normalized spacial score (nSPS) is 9.43. The number of carbonyl (C=O) groups excluding carboxylic acids is 2. The number of hydrogen-bond acceptors (Lipinski definition) is 3. The van der Waals surface area contributed by atoms with Gasteiger partial charge >= 0.3 is 0 Å². The molecule has 0 aromatic carbocycles. The number of carbonyl (C=O) groups is 2. The number of imidazole rings is 1. The van der Waals surface area contributed by atoms with Crippen molar-refractivity contribution < 1.29 is 9.59 Å². The Kier molecular flexibility index (Phi) is 3.60. The maximum absolute atomic E-state index is 11.2. The zero-order chi connectivity index (χ0) is 10.4. The lowest BCUT2D eigenvalue weighted by molar-refractivity contribution is -0.121. The molecule has 1 N–H and O–H groups in total. The fraction of sp³-hybridized carbons (Fsp3) is 0.222. The van der Waals surface area contributed by atoms with Crippen molar-refractivity contribution in [2.45, 2.75) is 6.54 Å². The summed E-state index contributed by atoms with van der Waals surface area (Å²) < 4.78 is 1.54. The van der Waals surface area contributed by atoms with Crippen molar-refractivity contribution in [3.05, 3.63) is 30.9 Å². The van der Waals surface area contributed by atoms with E-state index in [1.54, 1.807) is 10.6 Å². The molecule has 1 aromatic heterocycles. The molecule has 0 aliphatic rings. The van der Waals surface area contributed by atoms with Crippen LogP contribution in [0, 0.1) is 0 Å². The molecule has 74 valence electrons. The first-order chi connectivity index (χ1) is 6.76. The van der Waals surface area contributed by atoms with E-state index in [-0.39, 0.29) is 12.5 Å². The molecule has 0 spiro atoms. The van der Waals surface area contributed by atoms with Gasteiger partial charge in [0.1, 0.15) is 12.2 Å². The smallest absolute Gasteiger partial charge is 0.240 e. The van der Waals surface area contributed by atoms with Crippen LogP contribution in [0.15, 0.2) is 25.2 Å². The SMILES string of the molecule is C=CCNC(=O)Cn1cnc(C=O)c1. The predicted octanol–water partition coefficient (Wildman–Crippen LogP) is -0.00220. The molecule has 0 fully saturated rings. The summed E-state index contributed by atoms with van der Waals surface area (Å²) in [5.41, 5.74) is 0.321. The highest BCUT2D eigenvalue weighted by Gasteiger charge is 2.02. The van der Waals surface area contributed by atoms with Gasteiger partial charge in [-0.15, -0.1) is 6.58 Å². The molecule has 14 heavy (non-hydrogen) atoms. The van der Waals surface area contributed by atoms with Crippen LogP contribution in [0.3, 0.4) is 0 Å². The molecule has 1 heterocycles. The van der Waals surface area contributed by atoms with Crippen molar-refractivity contribution in [3.63, 3.8) is 0 Å². The molecule has 0 aliphatic carbocycles. The van der Waals surface area contributed by atoms with Crippen LogP contribution in [0.1, 0.15) is 10.5 Å². The molecule has 5 nitrogen and oxygen atoms in total. The Morgan fingerprint density at radius 3 is 3.07 bits per heavy atom. The van der Waals surface area contributed by atoms with Gasteiger partial charge < -0.3 is 9.88 Å². The molecule has 0 atom stereocenters. The van der Waals surface area contributed by atoms with Crippen molar-refractivity contribution in [1.82, 2.24) is 14.9 Å². The fourth-order valence-corrected chi connectivity index (χ4v) is 0.932. The van der Waals surface area contributed by atoms with Crippen LogP contribution < -0.4 is 5.32 Å². The number of hydrogen-bond donors (Lipinski definition) is 1. The maximum Gasteiger partial charge on any atom is 0.240 e. The standard InChI is InChI=1S/C9H11N3O2/c1-2-3-10-9(14)5-12-4-8(6-13)11-7-12/h2,4,6-7H,1,3,5H2,(H,10,14). The first-order valence-electron chi connectivity index (χ1n) is 4.11. The van der Waals surface area contributed by atoms with E-state index in [9.17, 15) is 9.59 Å². The van der Waals surface area contributed by atoms with Crippen LogP contribution >= 0.6 is 0 Å². The van der Waals surface area contributed by atoms with Gasteiger partial charge in [-0.3, -0.25) is 9.59 Å². The minimum absolute atomic E-state index is 0.139. The van der Waals surface area contributed by atoms with Crippen LogP contribution in [-0.4, -0.2) is 28.3 Å². The lowest BCUT2D eigenvalue weighted by Crippen LogP contribution is -2.27. The van der Waals surface area contributed by atoms with Crippen LogP contribution in [0.25, 0.3) is 0 Å². The highest BCUT2D eigenvalue weighted by Crippen LogP contribution is 1.91. The molecule has 0 saturated carbocycles. The van der Waals surface area contributed by atoms with Crippen LogP contribution in [-0.2, 0) is 11.3 Å². The molecule has 5 heteroatoms. The molecular formula is C9H11N3O2. The van der Waals surface area contributed by atoms with Gasteiger partial charge in [0.25, 0.3) is 0 Å². The highest BCUT2D eigenvalue weighted by atomic mass is 16.2. The molecule has 1 amide bonds. The van der Waals surface area contributed by atoms with Gasteiger partial charge in [-0.1, -0.05) is 6.08 Å². The van der Waals surface area contributed by atoms with E-state index < -0.39 is 0 Å². The van der Waals surface area contributed by atoms with Gasteiger partial charge in [0.05, 0.1) is 6.33 Å². The summed E-state index contributed by atoms with van der Waals surface area (Å²) in [7, 11) is 0. The number of rotatable bonds is 5. The number of aromatic nitrogens is 2. The van der Waals surface area contributed by atoms with Gasteiger partial charge in [0.15, 0.2) is 6.29 Å².